The van der Waals surface area contributed by atoms with Gasteiger partial charge in [0.25, 0.3) is 0 Å². The van der Waals surface area contributed by atoms with Gasteiger partial charge in [0, 0.05) is 24.2 Å². The van der Waals surface area contributed by atoms with E-state index in [1.807, 2.05) is 0 Å². The van der Waals surface area contributed by atoms with Gasteiger partial charge in [0.1, 0.15) is 61.0 Å². The number of hydrogen-bond donors (Lipinski definition) is 9. The van der Waals surface area contributed by atoms with E-state index in [2.05, 4.69) is 33.8 Å². The maximum atomic E-state index is 11.6. The van der Waals surface area contributed by atoms with Crippen LogP contribution in [0.1, 0.15) is 86.0 Å². The summed E-state index contributed by atoms with van der Waals surface area (Å²) in [6.45, 7) is 10.5. The Hall–Kier alpha value is -0.940. The van der Waals surface area contributed by atoms with Crippen LogP contribution in [0.15, 0.2) is 11.6 Å². The number of hydrogen-bond acceptors (Lipinski definition) is 17. The van der Waals surface area contributed by atoms with Crippen molar-refractivity contribution in [1.29, 1.82) is 0 Å². The van der Waals surface area contributed by atoms with Gasteiger partial charge in [0.15, 0.2) is 24.7 Å². The molecule has 5 heterocycles. The maximum absolute atomic E-state index is 11.6. The van der Waals surface area contributed by atoms with Crippen molar-refractivity contribution in [3.63, 3.8) is 0 Å². The number of fused-ring (bicyclic) bond motifs is 7. The lowest BCUT2D eigenvalue weighted by atomic mass is 9.46. The summed E-state index contributed by atoms with van der Waals surface area (Å²) in [7, 11) is 0. The highest BCUT2D eigenvalue weighted by Gasteiger charge is 2.70. The fourth-order valence-electron chi connectivity index (χ4n) is 13.8. The first-order chi connectivity index (χ1) is 28.9. The minimum absolute atomic E-state index is 0.0513. The number of aliphatic hydroxyl groups excluding tert-OH is 9. The van der Waals surface area contributed by atoms with Crippen LogP contribution in [0.4, 0.5) is 0 Å². The van der Waals surface area contributed by atoms with Crippen molar-refractivity contribution in [3.05, 3.63) is 11.6 Å². The van der Waals surface area contributed by atoms with Gasteiger partial charge >= 0.3 is 0 Å². The number of ether oxygens (including phenoxy) is 8. The standard InChI is InChI=1S/C44H70O17/c1-18-8-11-44(55-16-18)19(2)30-27(61-44)14-25-23-7-6-21-12-22(46)13-29(43(21,5)24(23)9-10-42(25,30)4)58-41-38(60-40-36(53)34(51)33(50)28(15-45)57-40)37(31(48)20(3)56-41)59-39-35(52)32(49)26(47)17-54-39/h6,18-20,22-41,45-53H,7-17H2,1-5H3/t18-,19-,20+,22+,23+,24-,25-,26+,27-,28+,29+,30-,31-,32-,33+,34-,35+,36+,37-,38+,39-,40-,41-,42-,43-,44+/m0/s1. The summed E-state index contributed by atoms with van der Waals surface area (Å²) in [5.74, 6) is 1.55. The molecule has 0 unspecified atom stereocenters. The molecule has 17 nitrogen and oxygen atoms in total. The van der Waals surface area contributed by atoms with E-state index in [4.69, 9.17) is 37.9 Å². The molecule has 0 aromatic rings. The summed E-state index contributed by atoms with van der Waals surface area (Å²) in [5, 5.41) is 96.9. The van der Waals surface area contributed by atoms with Crippen LogP contribution in [-0.4, -0.2) is 176 Å². The number of aliphatic hydroxyl groups is 9. The molecule has 9 aliphatic rings. The van der Waals surface area contributed by atoms with Gasteiger partial charge in [-0.3, -0.25) is 0 Å². The molecule has 4 aliphatic carbocycles. The lowest BCUT2D eigenvalue weighted by Crippen LogP contribution is -2.67. The molecule has 17 heteroatoms. The van der Waals surface area contributed by atoms with Crippen molar-refractivity contribution in [2.75, 3.05) is 19.8 Å². The topological polar surface area (TPSA) is 256 Å². The molecular weight excluding hydrogens is 800 g/mol. The lowest BCUT2D eigenvalue weighted by Gasteiger charge is -2.60. The molecule has 0 aromatic carbocycles. The molecule has 348 valence electrons. The van der Waals surface area contributed by atoms with Crippen LogP contribution in [0.2, 0.25) is 0 Å². The first-order valence-electron chi connectivity index (χ1n) is 22.9. The third kappa shape index (κ3) is 7.32. The van der Waals surface area contributed by atoms with Gasteiger partial charge < -0.3 is 83.9 Å². The Bertz CT molecular complexity index is 1590. The van der Waals surface area contributed by atoms with Crippen LogP contribution in [0, 0.1) is 46.3 Å². The summed E-state index contributed by atoms with van der Waals surface area (Å²) in [6, 6.07) is 0. The van der Waals surface area contributed by atoms with Crippen LogP contribution in [0.5, 0.6) is 0 Å². The van der Waals surface area contributed by atoms with Crippen molar-refractivity contribution in [3.8, 4) is 0 Å². The number of rotatable bonds is 7. The second-order valence-electron chi connectivity index (χ2n) is 20.7. The Morgan fingerprint density at radius 2 is 1.48 bits per heavy atom. The SMILES string of the molecule is C[C@H]1CC[C@@]2(OC1)O[C@H]1C[C@H]3[C@@H]4CC=C5C[C@@H](O)C[C@@H](O[C@@H]6O[C@H](C)[C@H](O)[C@H](O[C@@H]7OC[C@@H](O)[C@H](O)[C@H]7O)[C@H]6O[C@@H]6O[C@H](CO)[C@@H](O)[C@H](O)[C@H]6O)[C@]5(C)[C@H]4CC[C@]3(C)[C@H]1[C@@H]2C. The Morgan fingerprint density at radius 3 is 2.20 bits per heavy atom. The molecule has 3 saturated carbocycles. The molecule has 5 saturated heterocycles. The van der Waals surface area contributed by atoms with Crippen LogP contribution >= 0.6 is 0 Å². The number of allylic oxidation sites excluding steroid dienone is 1. The van der Waals surface area contributed by atoms with E-state index in [1.165, 1.54) is 0 Å². The van der Waals surface area contributed by atoms with Gasteiger partial charge in [-0.25, -0.2) is 0 Å². The fraction of sp³-hybridized carbons (Fsp3) is 0.955. The molecule has 61 heavy (non-hydrogen) atoms. The average molecular weight is 871 g/mol. The average Bonchev–Trinajstić information content (AvgIpc) is 3.68. The predicted molar refractivity (Wildman–Crippen MR) is 210 cm³/mol. The van der Waals surface area contributed by atoms with E-state index in [0.29, 0.717) is 30.1 Å². The summed E-state index contributed by atoms with van der Waals surface area (Å²) in [4.78, 5) is 0. The molecular formula is C44H70O17. The summed E-state index contributed by atoms with van der Waals surface area (Å²) in [5.41, 5.74) is 0.602. The fourth-order valence-corrected chi connectivity index (χ4v) is 13.8. The molecule has 0 bridgehead atoms. The molecule has 0 radical (unpaired) electrons. The van der Waals surface area contributed by atoms with E-state index in [-0.39, 0.29) is 36.4 Å². The minimum atomic E-state index is -1.83. The van der Waals surface area contributed by atoms with Crippen molar-refractivity contribution >= 4 is 0 Å². The maximum Gasteiger partial charge on any atom is 0.187 e. The molecule has 26 atom stereocenters. The van der Waals surface area contributed by atoms with Crippen LogP contribution in [0.3, 0.4) is 0 Å². The summed E-state index contributed by atoms with van der Waals surface area (Å²) >= 11 is 0. The zero-order chi connectivity index (χ0) is 43.5. The predicted octanol–water partition coefficient (Wildman–Crippen LogP) is -0.176. The van der Waals surface area contributed by atoms with Crippen molar-refractivity contribution in [1.82, 2.24) is 0 Å². The highest BCUT2D eigenvalue weighted by Crippen LogP contribution is 2.71. The van der Waals surface area contributed by atoms with Crippen LogP contribution in [-0.2, 0) is 37.9 Å². The highest BCUT2D eigenvalue weighted by atomic mass is 16.8. The van der Waals surface area contributed by atoms with E-state index >= 15 is 0 Å². The third-order valence-electron chi connectivity index (χ3n) is 17.4. The van der Waals surface area contributed by atoms with Gasteiger partial charge in [0.2, 0.25) is 0 Å². The first kappa shape index (κ1) is 45.2. The zero-order valence-electron chi connectivity index (χ0n) is 35.9. The molecule has 1 spiro atoms. The monoisotopic (exact) mass is 870 g/mol. The smallest absolute Gasteiger partial charge is 0.187 e. The minimum Gasteiger partial charge on any atom is -0.394 e. The van der Waals surface area contributed by atoms with Crippen molar-refractivity contribution in [2.24, 2.45) is 46.3 Å². The van der Waals surface area contributed by atoms with E-state index in [9.17, 15) is 46.0 Å². The third-order valence-corrected chi connectivity index (χ3v) is 17.4. The normalized spacial score (nSPS) is 58.4. The Labute approximate surface area is 357 Å². The molecule has 5 aliphatic heterocycles. The van der Waals surface area contributed by atoms with Crippen LogP contribution in [0.25, 0.3) is 0 Å². The largest absolute Gasteiger partial charge is 0.394 e. The molecule has 0 amide bonds. The molecule has 0 aromatic heterocycles. The van der Waals surface area contributed by atoms with Gasteiger partial charge in [-0.1, -0.05) is 39.3 Å². The van der Waals surface area contributed by atoms with Crippen LogP contribution < -0.4 is 0 Å². The van der Waals surface area contributed by atoms with Gasteiger partial charge in [-0.2, -0.15) is 0 Å². The Morgan fingerprint density at radius 1 is 0.738 bits per heavy atom. The Kier molecular flexibility index (Phi) is 12.4. The second kappa shape index (κ2) is 16.7. The van der Waals surface area contributed by atoms with E-state index in [1.54, 1.807) is 6.92 Å². The quantitative estimate of drug-likeness (QED) is 0.151. The highest BCUT2D eigenvalue weighted by molar-refractivity contribution is 5.29. The lowest BCUT2D eigenvalue weighted by molar-refractivity contribution is -0.392. The molecule has 9 N–H and O–H groups in total. The second-order valence-corrected chi connectivity index (χ2v) is 20.7. The van der Waals surface area contributed by atoms with Crippen molar-refractivity contribution < 1.29 is 83.9 Å². The van der Waals surface area contributed by atoms with E-state index < -0.39 is 116 Å². The summed E-state index contributed by atoms with van der Waals surface area (Å²) < 4.78 is 50.8. The Balaban J connectivity index is 1.01. The van der Waals surface area contributed by atoms with Gasteiger partial charge in [-0.15, -0.1) is 0 Å². The zero-order valence-corrected chi connectivity index (χ0v) is 35.9. The van der Waals surface area contributed by atoms with E-state index in [0.717, 1.165) is 50.7 Å². The van der Waals surface area contributed by atoms with Gasteiger partial charge in [-0.05, 0) is 80.5 Å². The van der Waals surface area contributed by atoms with Gasteiger partial charge in [0.05, 0.1) is 44.2 Å². The molecule has 9 rings (SSSR count). The van der Waals surface area contributed by atoms with Crippen molar-refractivity contribution in [2.45, 2.75) is 196 Å². The first-order valence-corrected chi connectivity index (χ1v) is 22.9. The summed E-state index contributed by atoms with van der Waals surface area (Å²) in [6.07, 6.45) is -13.7. The molecule has 8 fully saturated rings.